The first-order valence-corrected chi connectivity index (χ1v) is 4.47. The van der Waals surface area contributed by atoms with E-state index in [0.717, 1.165) is 6.54 Å². The Morgan fingerprint density at radius 2 is 2.50 bits per heavy atom. The summed E-state index contributed by atoms with van der Waals surface area (Å²) < 4.78 is 0. The Morgan fingerprint density at radius 1 is 1.58 bits per heavy atom. The summed E-state index contributed by atoms with van der Waals surface area (Å²) in [4.78, 5) is 4.13. The van der Waals surface area contributed by atoms with Crippen LogP contribution in [0, 0.1) is 0 Å². The number of hydrogen-bond acceptors (Lipinski definition) is 2. The minimum atomic E-state index is 0.175. The highest BCUT2D eigenvalue weighted by molar-refractivity contribution is 5.20. The van der Waals surface area contributed by atoms with Gasteiger partial charge in [-0.1, -0.05) is 6.07 Å². The van der Waals surface area contributed by atoms with Crippen molar-refractivity contribution in [3.63, 3.8) is 0 Å². The van der Waals surface area contributed by atoms with Crippen LogP contribution in [0.3, 0.4) is 0 Å². The molecule has 0 radical (unpaired) electrons. The average molecular weight is 162 g/mol. The predicted octanol–water partition coefficient (Wildman–Crippen LogP) is 1.68. The summed E-state index contributed by atoms with van der Waals surface area (Å²) in [5, 5.41) is 3.51. The molecule has 0 bridgehead atoms. The third-order valence-corrected chi connectivity index (χ3v) is 2.67. The van der Waals surface area contributed by atoms with Gasteiger partial charge in [0.05, 0.1) is 0 Å². The molecule has 0 saturated carbocycles. The van der Waals surface area contributed by atoms with Crippen molar-refractivity contribution in [3.8, 4) is 0 Å². The van der Waals surface area contributed by atoms with Crippen LogP contribution in [-0.2, 0) is 5.54 Å². The Bertz CT molecular complexity index is 250. The summed E-state index contributed by atoms with van der Waals surface area (Å²) in [5.41, 5.74) is 1.48. The van der Waals surface area contributed by atoms with Crippen LogP contribution < -0.4 is 5.32 Å². The topological polar surface area (TPSA) is 24.9 Å². The molecule has 1 fully saturated rings. The van der Waals surface area contributed by atoms with Crippen molar-refractivity contribution >= 4 is 0 Å². The van der Waals surface area contributed by atoms with E-state index >= 15 is 0 Å². The SMILES string of the molecule is C[C@]1(c2cccnc2)CCCN1. The molecule has 1 aliphatic heterocycles. The van der Waals surface area contributed by atoms with Crippen molar-refractivity contribution in [1.29, 1.82) is 0 Å². The molecule has 0 aromatic carbocycles. The van der Waals surface area contributed by atoms with Gasteiger partial charge in [-0.15, -0.1) is 0 Å². The molecule has 2 nitrogen and oxygen atoms in total. The maximum Gasteiger partial charge on any atom is 0.0421 e. The van der Waals surface area contributed by atoms with E-state index in [1.165, 1.54) is 18.4 Å². The van der Waals surface area contributed by atoms with Gasteiger partial charge < -0.3 is 5.32 Å². The van der Waals surface area contributed by atoms with E-state index in [1.54, 1.807) is 0 Å². The van der Waals surface area contributed by atoms with Gasteiger partial charge in [-0.2, -0.15) is 0 Å². The number of nitrogens with zero attached hydrogens (tertiary/aromatic N) is 1. The highest BCUT2D eigenvalue weighted by atomic mass is 15.0. The summed E-state index contributed by atoms with van der Waals surface area (Å²) in [6, 6.07) is 4.14. The van der Waals surface area contributed by atoms with E-state index in [2.05, 4.69) is 23.3 Å². The van der Waals surface area contributed by atoms with Crippen molar-refractivity contribution < 1.29 is 0 Å². The second kappa shape index (κ2) is 2.87. The van der Waals surface area contributed by atoms with Gasteiger partial charge in [-0.25, -0.2) is 0 Å². The largest absolute Gasteiger partial charge is 0.308 e. The fourth-order valence-corrected chi connectivity index (χ4v) is 1.83. The maximum atomic E-state index is 4.13. The van der Waals surface area contributed by atoms with Gasteiger partial charge in [-0.3, -0.25) is 4.98 Å². The normalized spacial score (nSPS) is 29.1. The molecule has 64 valence electrons. The monoisotopic (exact) mass is 162 g/mol. The molecule has 1 aromatic rings. The molecule has 2 heteroatoms. The maximum absolute atomic E-state index is 4.13. The zero-order valence-corrected chi connectivity index (χ0v) is 7.38. The van der Waals surface area contributed by atoms with Gasteiger partial charge in [0.2, 0.25) is 0 Å². The third-order valence-electron chi connectivity index (χ3n) is 2.67. The quantitative estimate of drug-likeness (QED) is 0.679. The Hall–Kier alpha value is -0.890. The first-order chi connectivity index (χ1) is 5.81. The summed E-state index contributed by atoms with van der Waals surface area (Å²) in [5.74, 6) is 0. The molecule has 1 aliphatic rings. The number of pyridine rings is 1. The Labute approximate surface area is 73.0 Å². The molecular weight excluding hydrogens is 148 g/mol. The van der Waals surface area contributed by atoms with Crippen LogP contribution in [0.4, 0.5) is 0 Å². The van der Waals surface area contributed by atoms with Crippen molar-refractivity contribution in [1.82, 2.24) is 10.3 Å². The van der Waals surface area contributed by atoms with E-state index in [-0.39, 0.29) is 5.54 Å². The lowest BCUT2D eigenvalue weighted by molar-refractivity contribution is 0.433. The average Bonchev–Trinajstić information content (AvgIpc) is 2.55. The summed E-state index contributed by atoms with van der Waals surface area (Å²) in [6.45, 7) is 3.38. The third kappa shape index (κ3) is 1.23. The van der Waals surface area contributed by atoms with Gasteiger partial charge in [0.15, 0.2) is 0 Å². The second-order valence-corrected chi connectivity index (χ2v) is 3.60. The number of aromatic nitrogens is 1. The number of nitrogens with one attached hydrogen (secondary N) is 1. The van der Waals surface area contributed by atoms with E-state index in [9.17, 15) is 0 Å². The molecule has 1 aromatic heterocycles. The van der Waals surface area contributed by atoms with Gasteiger partial charge in [0.25, 0.3) is 0 Å². The number of rotatable bonds is 1. The zero-order valence-electron chi connectivity index (χ0n) is 7.38. The molecule has 2 heterocycles. The molecule has 1 atom stereocenters. The fraction of sp³-hybridized carbons (Fsp3) is 0.500. The van der Waals surface area contributed by atoms with Gasteiger partial charge >= 0.3 is 0 Å². The van der Waals surface area contributed by atoms with E-state index < -0.39 is 0 Å². The minimum Gasteiger partial charge on any atom is -0.308 e. The van der Waals surface area contributed by atoms with Crippen molar-refractivity contribution in [2.24, 2.45) is 0 Å². The second-order valence-electron chi connectivity index (χ2n) is 3.60. The fourth-order valence-electron chi connectivity index (χ4n) is 1.83. The molecule has 0 amide bonds. The first kappa shape index (κ1) is 7.74. The highest BCUT2D eigenvalue weighted by Crippen LogP contribution is 2.29. The van der Waals surface area contributed by atoms with E-state index in [4.69, 9.17) is 0 Å². The van der Waals surface area contributed by atoms with Crippen molar-refractivity contribution in [3.05, 3.63) is 30.1 Å². The molecule has 2 rings (SSSR count). The van der Waals surface area contributed by atoms with Gasteiger partial charge in [0.1, 0.15) is 0 Å². The van der Waals surface area contributed by atoms with Crippen LogP contribution in [-0.4, -0.2) is 11.5 Å². The molecule has 0 spiro atoms. The predicted molar refractivity (Wildman–Crippen MR) is 48.8 cm³/mol. The lowest BCUT2D eigenvalue weighted by Gasteiger charge is -2.24. The van der Waals surface area contributed by atoms with Crippen LogP contribution in [0.5, 0.6) is 0 Å². The minimum absolute atomic E-state index is 0.175. The van der Waals surface area contributed by atoms with Crippen LogP contribution in [0.1, 0.15) is 25.3 Å². The highest BCUT2D eigenvalue weighted by Gasteiger charge is 2.29. The van der Waals surface area contributed by atoms with Crippen LogP contribution in [0.2, 0.25) is 0 Å². The molecule has 0 unspecified atom stereocenters. The lowest BCUT2D eigenvalue weighted by atomic mass is 9.92. The van der Waals surface area contributed by atoms with Crippen LogP contribution >= 0.6 is 0 Å². The van der Waals surface area contributed by atoms with Crippen LogP contribution in [0.25, 0.3) is 0 Å². The van der Waals surface area contributed by atoms with E-state index in [1.807, 2.05) is 18.5 Å². The Balaban J connectivity index is 2.29. The zero-order chi connectivity index (χ0) is 8.44. The smallest absolute Gasteiger partial charge is 0.0421 e. The van der Waals surface area contributed by atoms with Crippen molar-refractivity contribution in [2.45, 2.75) is 25.3 Å². The molecular formula is C10H14N2. The van der Waals surface area contributed by atoms with Gasteiger partial charge in [0, 0.05) is 17.9 Å². The first-order valence-electron chi connectivity index (χ1n) is 4.47. The van der Waals surface area contributed by atoms with Crippen molar-refractivity contribution in [2.75, 3.05) is 6.54 Å². The van der Waals surface area contributed by atoms with E-state index in [0.29, 0.717) is 0 Å². The molecule has 1 saturated heterocycles. The molecule has 12 heavy (non-hydrogen) atoms. The summed E-state index contributed by atoms with van der Waals surface area (Å²) in [6.07, 6.45) is 6.27. The standard InChI is InChI=1S/C10H14N2/c1-10(5-3-7-12-10)9-4-2-6-11-8-9/h2,4,6,8,12H,3,5,7H2,1H3/t10-/m1/s1. The molecule has 1 N–H and O–H groups in total. The molecule has 0 aliphatic carbocycles. The van der Waals surface area contributed by atoms with Gasteiger partial charge in [-0.05, 0) is 37.9 Å². The summed E-state index contributed by atoms with van der Waals surface area (Å²) in [7, 11) is 0. The summed E-state index contributed by atoms with van der Waals surface area (Å²) >= 11 is 0. The lowest BCUT2D eigenvalue weighted by Crippen LogP contribution is -2.33. The Morgan fingerprint density at radius 3 is 3.08 bits per heavy atom. The Kier molecular flexibility index (Phi) is 1.85. The number of hydrogen-bond donors (Lipinski definition) is 1. The van der Waals surface area contributed by atoms with Crippen LogP contribution in [0.15, 0.2) is 24.5 Å².